The second-order valence-electron chi connectivity index (χ2n) is 5.07. The summed E-state index contributed by atoms with van der Waals surface area (Å²) < 4.78 is 63.9. The minimum Gasteiger partial charge on any atom is -0.398 e. The Hall–Kier alpha value is -2.87. The van der Waals surface area contributed by atoms with Gasteiger partial charge in [0.2, 0.25) is 0 Å². The van der Waals surface area contributed by atoms with Gasteiger partial charge in [-0.1, -0.05) is 0 Å². The number of primary amides is 1. The Morgan fingerprint density at radius 1 is 0.808 bits per heavy atom. The number of benzene rings is 2. The molecule has 0 atom stereocenters. The quantitative estimate of drug-likeness (QED) is 0.357. The molecule has 0 aromatic heterocycles. The first kappa shape index (κ1) is 19.5. The van der Waals surface area contributed by atoms with Crippen molar-refractivity contribution in [1.82, 2.24) is 0 Å². The van der Waals surface area contributed by atoms with Crippen LogP contribution in [0, 0.1) is 0 Å². The molecular formula is C13H14N4O7S2. The number of carbonyl (C=O) groups is 1. The molecule has 0 aliphatic rings. The molecule has 8 N–H and O–H groups in total. The molecule has 2 amide bonds. The molecule has 0 saturated heterocycles. The molecule has 26 heavy (non-hydrogen) atoms. The van der Waals surface area contributed by atoms with Crippen LogP contribution < -0.4 is 22.1 Å². The van der Waals surface area contributed by atoms with Crippen LogP contribution in [0.5, 0.6) is 0 Å². The first-order valence-corrected chi connectivity index (χ1v) is 9.54. The summed E-state index contributed by atoms with van der Waals surface area (Å²) in [6.07, 6.45) is 0. The van der Waals surface area contributed by atoms with Crippen molar-refractivity contribution in [2.75, 3.05) is 16.4 Å². The summed E-state index contributed by atoms with van der Waals surface area (Å²) in [5, 5.41) is 0. The van der Waals surface area contributed by atoms with Gasteiger partial charge in [0.05, 0.1) is 22.7 Å². The standard InChI is InChI=1S/C13H14N4O7S2/c14-9-3-1-7(5-11(9)25(19,20)21)17(13(16)18)8-2-4-10(15)12(6-8)26(22,23)24/h1-6H,14-15H2,(H2,16,18)(H,19,20,21)(H,22,23,24). The average molecular weight is 402 g/mol. The molecule has 2 aromatic rings. The van der Waals surface area contributed by atoms with Gasteiger partial charge in [0.25, 0.3) is 20.2 Å². The van der Waals surface area contributed by atoms with Crippen molar-refractivity contribution >= 4 is 49.0 Å². The molecule has 0 unspecified atom stereocenters. The van der Waals surface area contributed by atoms with Gasteiger partial charge in [-0.25, -0.2) is 4.79 Å². The number of anilines is 4. The minimum atomic E-state index is -4.70. The summed E-state index contributed by atoms with van der Waals surface area (Å²) in [7, 11) is -9.39. The number of nitrogens with zero attached hydrogens (tertiary/aromatic N) is 1. The van der Waals surface area contributed by atoms with E-state index in [0.717, 1.165) is 29.2 Å². The number of nitrogens with two attached hydrogens (primary N) is 3. The molecule has 0 aliphatic heterocycles. The topological polar surface area (TPSA) is 207 Å². The largest absolute Gasteiger partial charge is 0.398 e. The highest BCUT2D eigenvalue weighted by Crippen LogP contribution is 2.32. The Labute approximate surface area is 148 Å². The molecule has 13 heteroatoms. The van der Waals surface area contributed by atoms with Crippen molar-refractivity contribution in [3.8, 4) is 0 Å². The highest BCUT2D eigenvalue weighted by atomic mass is 32.2. The maximum absolute atomic E-state index is 11.9. The molecule has 140 valence electrons. The molecule has 0 saturated carbocycles. The monoisotopic (exact) mass is 402 g/mol. The van der Waals surface area contributed by atoms with Crippen LogP contribution in [0.3, 0.4) is 0 Å². The molecule has 0 heterocycles. The molecule has 0 fully saturated rings. The van der Waals surface area contributed by atoms with Crippen LogP contribution in [0.1, 0.15) is 0 Å². The summed E-state index contributed by atoms with van der Waals surface area (Å²) in [6, 6.07) is 5.29. The van der Waals surface area contributed by atoms with Crippen molar-refractivity contribution in [1.29, 1.82) is 0 Å². The molecule has 0 radical (unpaired) electrons. The fourth-order valence-electron chi connectivity index (χ4n) is 2.17. The van der Waals surface area contributed by atoms with Crippen LogP contribution in [-0.2, 0) is 20.2 Å². The summed E-state index contributed by atoms with van der Waals surface area (Å²) in [5.41, 5.74) is 15.4. The van der Waals surface area contributed by atoms with Crippen molar-refractivity contribution < 1.29 is 30.7 Å². The van der Waals surface area contributed by atoms with Crippen LogP contribution in [0.25, 0.3) is 0 Å². The summed E-state index contributed by atoms with van der Waals surface area (Å²) >= 11 is 0. The SMILES string of the molecule is NC(=O)N(c1ccc(N)c(S(=O)(=O)O)c1)c1ccc(N)c(S(=O)(=O)O)c1. The number of urea groups is 1. The number of nitrogen functional groups attached to an aromatic ring is 2. The van der Waals surface area contributed by atoms with Crippen molar-refractivity contribution in [3.63, 3.8) is 0 Å². The highest BCUT2D eigenvalue weighted by molar-refractivity contribution is 7.86. The lowest BCUT2D eigenvalue weighted by molar-refractivity contribution is 0.256. The van der Waals surface area contributed by atoms with E-state index in [1.54, 1.807) is 0 Å². The third-order valence-electron chi connectivity index (χ3n) is 3.29. The van der Waals surface area contributed by atoms with Crippen molar-refractivity contribution in [2.24, 2.45) is 5.73 Å². The maximum atomic E-state index is 11.9. The van der Waals surface area contributed by atoms with Gasteiger partial charge in [-0.2, -0.15) is 16.8 Å². The molecule has 2 aromatic carbocycles. The fraction of sp³-hybridized carbons (Fsp3) is 0. The number of hydrogen-bond acceptors (Lipinski definition) is 7. The fourth-order valence-corrected chi connectivity index (χ4v) is 3.45. The Balaban J connectivity index is 2.72. The predicted octanol–water partition coefficient (Wildman–Crippen LogP) is 0.561. The van der Waals surface area contributed by atoms with E-state index in [4.69, 9.17) is 17.2 Å². The lowest BCUT2D eigenvalue weighted by atomic mass is 10.2. The smallest absolute Gasteiger partial charge is 0.323 e. The zero-order chi connectivity index (χ0) is 19.9. The Morgan fingerprint density at radius 3 is 1.42 bits per heavy atom. The van der Waals surface area contributed by atoms with Crippen molar-refractivity contribution in [2.45, 2.75) is 9.79 Å². The van der Waals surface area contributed by atoms with Crippen LogP contribution in [0.4, 0.5) is 27.5 Å². The van der Waals surface area contributed by atoms with Gasteiger partial charge in [0.1, 0.15) is 9.79 Å². The molecule has 2 rings (SSSR count). The normalized spacial score (nSPS) is 11.9. The van der Waals surface area contributed by atoms with Gasteiger partial charge in [0, 0.05) is 0 Å². The second kappa shape index (κ2) is 6.45. The number of carbonyl (C=O) groups excluding carboxylic acids is 1. The number of rotatable bonds is 4. The zero-order valence-corrected chi connectivity index (χ0v) is 14.5. The Morgan fingerprint density at radius 2 is 1.15 bits per heavy atom. The third kappa shape index (κ3) is 3.85. The molecule has 0 aliphatic carbocycles. The van der Waals surface area contributed by atoms with Crippen LogP contribution in [-0.4, -0.2) is 32.0 Å². The third-order valence-corrected chi connectivity index (χ3v) is 5.11. The van der Waals surface area contributed by atoms with E-state index >= 15 is 0 Å². The van der Waals surface area contributed by atoms with E-state index in [9.17, 15) is 30.7 Å². The first-order chi connectivity index (χ1) is 11.8. The van der Waals surface area contributed by atoms with Gasteiger partial charge in [-0.15, -0.1) is 0 Å². The van der Waals surface area contributed by atoms with E-state index < -0.39 is 36.1 Å². The van der Waals surface area contributed by atoms with Gasteiger partial charge in [-0.3, -0.25) is 14.0 Å². The van der Waals surface area contributed by atoms with E-state index in [0.29, 0.717) is 0 Å². The first-order valence-electron chi connectivity index (χ1n) is 6.66. The summed E-state index contributed by atoms with van der Waals surface area (Å²) in [5.74, 6) is 0. The van der Waals surface area contributed by atoms with E-state index in [2.05, 4.69) is 0 Å². The van der Waals surface area contributed by atoms with Crippen molar-refractivity contribution in [3.05, 3.63) is 36.4 Å². The summed E-state index contributed by atoms with van der Waals surface area (Å²) in [6.45, 7) is 0. The zero-order valence-electron chi connectivity index (χ0n) is 12.9. The average Bonchev–Trinajstić information content (AvgIpc) is 2.48. The van der Waals surface area contributed by atoms with Gasteiger partial charge >= 0.3 is 6.03 Å². The minimum absolute atomic E-state index is 0.134. The number of amides is 2. The maximum Gasteiger partial charge on any atom is 0.323 e. The summed E-state index contributed by atoms with van der Waals surface area (Å²) in [4.78, 5) is 11.2. The molecule has 0 spiro atoms. The lowest BCUT2D eigenvalue weighted by Gasteiger charge is -2.22. The Kier molecular flexibility index (Phi) is 4.83. The van der Waals surface area contributed by atoms with E-state index in [1.165, 1.54) is 12.1 Å². The molecule has 11 nitrogen and oxygen atoms in total. The van der Waals surface area contributed by atoms with Gasteiger partial charge in [0.15, 0.2) is 0 Å². The van der Waals surface area contributed by atoms with Crippen LogP contribution >= 0.6 is 0 Å². The molecule has 0 bridgehead atoms. The lowest BCUT2D eigenvalue weighted by Crippen LogP contribution is -2.31. The Bertz CT molecular complexity index is 1020. The number of hydrogen-bond donors (Lipinski definition) is 5. The molecular weight excluding hydrogens is 388 g/mol. The van der Waals surface area contributed by atoms with Crippen LogP contribution in [0.2, 0.25) is 0 Å². The second-order valence-corrected chi connectivity index (χ2v) is 7.85. The van der Waals surface area contributed by atoms with Gasteiger partial charge < -0.3 is 17.2 Å². The van der Waals surface area contributed by atoms with Crippen LogP contribution in [0.15, 0.2) is 46.2 Å². The van der Waals surface area contributed by atoms with Gasteiger partial charge in [-0.05, 0) is 36.4 Å². The van der Waals surface area contributed by atoms with E-state index in [-0.39, 0.29) is 22.7 Å². The predicted molar refractivity (Wildman–Crippen MR) is 93.1 cm³/mol. The highest BCUT2D eigenvalue weighted by Gasteiger charge is 2.23. The van der Waals surface area contributed by atoms with E-state index in [1.807, 2.05) is 0 Å².